The third-order valence-corrected chi connectivity index (χ3v) is 2.45. The molecule has 1 aromatic heterocycles. The van der Waals surface area contributed by atoms with E-state index in [0.717, 1.165) is 38.6 Å². The zero-order valence-corrected chi connectivity index (χ0v) is 13.7. The highest BCUT2D eigenvalue weighted by atomic mass is 127. The van der Waals surface area contributed by atoms with Crippen LogP contribution in [0.4, 0.5) is 0 Å². The molecule has 1 heterocycles. The predicted molar refractivity (Wildman–Crippen MR) is 88.7 cm³/mol. The molecular formula is C13H25IN4. The average Bonchev–Trinajstić information content (AvgIpc) is 2.82. The van der Waals surface area contributed by atoms with Crippen molar-refractivity contribution in [3.8, 4) is 0 Å². The van der Waals surface area contributed by atoms with Crippen LogP contribution in [0.15, 0.2) is 29.5 Å². The van der Waals surface area contributed by atoms with E-state index in [1.165, 1.54) is 6.42 Å². The van der Waals surface area contributed by atoms with Gasteiger partial charge in [-0.2, -0.15) is 0 Å². The maximum absolute atomic E-state index is 4.51. The lowest BCUT2D eigenvalue weighted by Crippen LogP contribution is -2.38. The molecule has 0 radical (unpaired) electrons. The van der Waals surface area contributed by atoms with Crippen molar-refractivity contribution in [2.45, 2.75) is 33.2 Å². The van der Waals surface area contributed by atoms with Gasteiger partial charge in [-0.3, -0.25) is 4.99 Å². The molecule has 0 fully saturated rings. The van der Waals surface area contributed by atoms with Crippen LogP contribution >= 0.6 is 24.0 Å². The largest absolute Gasteiger partial charge is 0.357 e. The predicted octanol–water partition coefficient (Wildman–Crippen LogP) is 2.46. The monoisotopic (exact) mass is 364 g/mol. The van der Waals surface area contributed by atoms with Crippen molar-refractivity contribution in [1.29, 1.82) is 0 Å². The van der Waals surface area contributed by atoms with Crippen molar-refractivity contribution < 1.29 is 0 Å². The first-order valence-corrected chi connectivity index (χ1v) is 6.49. The SMILES string of the molecule is CCCCN=C(NCC)NCCn1cccc1.I. The first-order valence-electron chi connectivity index (χ1n) is 6.49. The second-order valence-electron chi connectivity index (χ2n) is 3.96. The van der Waals surface area contributed by atoms with Crippen molar-refractivity contribution in [2.75, 3.05) is 19.6 Å². The molecule has 5 heteroatoms. The van der Waals surface area contributed by atoms with Gasteiger partial charge in [0.2, 0.25) is 0 Å². The first-order chi connectivity index (χ1) is 8.36. The Hall–Kier alpha value is -0.720. The lowest BCUT2D eigenvalue weighted by Gasteiger charge is -2.11. The third kappa shape index (κ3) is 7.58. The van der Waals surface area contributed by atoms with Crippen LogP contribution in [0.5, 0.6) is 0 Å². The zero-order chi connectivity index (χ0) is 12.3. The van der Waals surface area contributed by atoms with Crippen LogP contribution < -0.4 is 10.6 Å². The second kappa shape index (κ2) is 11.4. The van der Waals surface area contributed by atoms with Gasteiger partial charge < -0.3 is 15.2 Å². The fourth-order valence-electron chi connectivity index (χ4n) is 1.51. The van der Waals surface area contributed by atoms with Crippen LogP contribution in [0.2, 0.25) is 0 Å². The molecule has 1 rings (SSSR count). The van der Waals surface area contributed by atoms with Crippen LogP contribution in [-0.2, 0) is 6.54 Å². The summed E-state index contributed by atoms with van der Waals surface area (Å²) in [6.45, 7) is 7.93. The van der Waals surface area contributed by atoms with Gasteiger partial charge in [-0.05, 0) is 25.5 Å². The number of hydrogen-bond donors (Lipinski definition) is 2. The van der Waals surface area contributed by atoms with Gasteiger partial charge in [0.25, 0.3) is 0 Å². The minimum atomic E-state index is 0. The highest BCUT2D eigenvalue weighted by Gasteiger charge is 1.95. The van der Waals surface area contributed by atoms with Crippen molar-refractivity contribution in [1.82, 2.24) is 15.2 Å². The molecule has 104 valence electrons. The Labute approximate surface area is 127 Å². The molecule has 0 saturated carbocycles. The van der Waals surface area contributed by atoms with Crippen molar-refractivity contribution in [3.05, 3.63) is 24.5 Å². The van der Waals surface area contributed by atoms with Gasteiger partial charge in [-0.1, -0.05) is 13.3 Å². The Morgan fingerprint density at radius 2 is 1.89 bits per heavy atom. The molecule has 18 heavy (non-hydrogen) atoms. The Balaban J connectivity index is 0.00000289. The van der Waals surface area contributed by atoms with E-state index >= 15 is 0 Å². The molecule has 0 aromatic carbocycles. The van der Waals surface area contributed by atoms with E-state index in [1.54, 1.807) is 0 Å². The van der Waals surface area contributed by atoms with E-state index in [0.29, 0.717) is 0 Å². The summed E-state index contributed by atoms with van der Waals surface area (Å²) in [6, 6.07) is 4.08. The Morgan fingerprint density at radius 3 is 2.50 bits per heavy atom. The molecule has 0 spiro atoms. The summed E-state index contributed by atoms with van der Waals surface area (Å²) in [5.41, 5.74) is 0. The molecule has 2 N–H and O–H groups in total. The van der Waals surface area contributed by atoms with Gasteiger partial charge in [0.1, 0.15) is 0 Å². The van der Waals surface area contributed by atoms with Gasteiger partial charge in [-0.15, -0.1) is 24.0 Å². The Morgan fingerprint density at radius 1 is 1.17 bits per heavy atom. The van der Waals surface area contributed by atoms with Crippen LogP contribution in [0.25, 0.3) is 0 Å². The van der Waals surface area contributed by atoms with Gasteiger partial charge in [0.05, 0.1) is 0 Å². The zero-order valence-electron chi connectivity index (χ0n) is 11.4. The van der Waals surface area contributed by atoms with Gasteiger partial charge >= 0.3 is 0 Å². The number of aromatic nitrogens is 1. The number of guanidine groups is 1. The van der Waals surface area contributed by atoms with Crippen molar-refractivity contribution in [3.63, 3.8) is 0 Å². The van der Waals surface area contributed by atoms with E-state index in [9.17, 15) is 0 Å². The summed E-state index contributed by atoms with van der Waals surface area (Å²) in [5, 5.41) is 6.59. The number of hydrogen-bond acceptors (Lipinski definition) is 1. The fraction of sp³-hybridized carbons (Fsp3) is 0.615. The van der Waals surface area contributed by atoms with Gasteiger partial charge in [0.15, 0.2) is 5.96 Å². The molecule has 0 aliphatic rings. The fourth-order valence-corrected chi connectivity index (χ4v) is 1.51. The molecule has 0 amide bonds. The third-order valence-electron chi connectivity index (χ3n) is 2.45. The maximum atomic E-state index is 4.51. The summed E-state index contributed by atoms with van der Waals surface area (Å²) in [6.07, 6.45) is 6.48. The smallest absolute Gasteiger partial charge is 0.191 e. The molecule has 0 aliphatic heterocycles. The van der Waals surface area contributed by atoms with E-state index in [4.69, 9.17) is 0 Å². The summed E-state index contributed by atoms with van der Waals surface area (Å²) >= 11 is 0. The minimum Gasteiger partial charge on any atom is -0.357 e. The molecule has 0 unspecified atom stereocenters. The number of rotatable bonds is 7. The highest BCUT2D eigenvalue weighted by molar-refractivity contribution is 14.0. The number of halogens is 1. The summed E-state index contributed by atoms with van der Waals surface area (Å²) in [5.74, 6) is 0.924. The average molecular weight is 364 g/mol. The molecule has 0 saturated heterocycles. The van der Waals surface area contributed by atoms with Crippen molar-refractivity contribution in [2.24, 2.45) is 4.99 Å². The molecule has 4 nitrogen and oxygen atoms in total. The lowest BCUT2D eigenvalue weighted by molar-refractivity contribution is 0.664. The van der Waals surface area contributed by atoms with Crippen LogP contribution in [0.3, 0.4) is 0 Å². The van der Waals surface area contributed by atoms with E-state index in [2.05, 4.69) is 46.4 Å². The highest BCUT2D eigenvalue weighted by Crippen LogP contribution is 1.89. The van der Waals surface area contributed by atoms with Crippen LogP contribution in [0.1, 0.15) is 26.7 Å². The van der Waals surface area contributed by atoms with Crippen molar-refractivity contribution >= 4 is 29.9 Å². The maximum Gasteiger partial charge on any atom is 0.191 e. The number of nitrogens with zero attached hydrogens (tertiary/aromatic N) is 2. The van der Waals surface area contributed by atoms with Crippen LogP contribution in [-0.4, -0.2) is 30.2 Å². The molecule has 1 aromatic rings. The first kappa shape index (κ1) is 17.3. The molecule has 0 aliphatic carbocycles. The minimum absolute atomic E-state index is 0. The normalized spacial score (nSPS) is 10.9. The summed E-state index contributed by atoms with van der Waals surface area (Å²) < 4.78 is 2.16. The number of nitrogens with one attached hydrogen (secondary N) is 2. The van der Waals surface area contributed by atoms with E-state index in [1.807, 2.05) is 12.1 Å². The molecule has 0 atom stereocenters. The van der Waals surface area contributed by atoms with Crippen LogP contribution in [0, 0.1) is 0 Å². The number of unbranched alkanes of at least 4 members (excludes halogenated alkanes) is 1. The Bertz CT molecular complexity index is 309. The lowest BCUT2D eigenvalue weighted by atomic mass is 10.3. The summed E-state index contributed by atoms with van der Waals surface area (Å²) in [4.78, 5) is 4.51. The number of aliphatic imine (C=N–C) groups is 1. The second-order valence-corrected chi connectivity index (χ2v) is 3.96. The van der Waals surface area contributed by atoms with Gasteiger partial charge in [0, 0.05) is 38.6 Å². The quantitative estimate of drug-likeness (QED) is 0.338. The molecule has 0 bridgehead atoms. The Kier molecular flexibility index (Phi) is 10.9. The van der Waals surface area contributed by atoms with E-state index < -0.39 is 0 Å². The standard InChI is InChI=1S/C13H24N4.HI/c1-3-5-8-15-13(14-4-2)16-9-12-17-10-6-7-11-17;/h6-7,10-11H,3-5,8-9,12H2,1-2H3,(H2,14,15,16);1H. The molecular weight excluding hydrogens is 339 g/mol. The topological polar surface area (TPSA) is 41.4 Å². The van der Waals surface area contributed by atoms with Gasteiger partial charge in [-0.25, -0.2) is 0 Å². The van der Waals surface area contributed by atoms with E-state index in [-0.39, 0.29) is 24.0 Å². The summed E-state index contributed by atoms with van der Waals surface area (Å²) in [7, 11) is 0.